The first-order valence-electron chi connectivity index (χ1n) is 14.1. The van der Waals surface area contributed by atoms with Crippen LogP contribution in [-0.4, -0.2) is 83.7 Å². The number of halogens is 2. The Morgan fingerprint density at radius 2 is 1.71 bits per heavy atom. The Hall–Kier alpha value is -3.40. The molecule has 0 unspecified atom stereocenters. The number of benzene rings is 1. The van der Waals surface area contributed by atoms with E-state index in [0.717, 1.165) is 0 Å². The van der Waals surface area contributed by atoms with Crippen LogP contribution in [0.15, 0.2) is 35.3 Å². The second-order valence-electron chi connectivity index (χ2n) is 12.8. The molecular weight excluding hydrogens is 561 g/mol. The first-order valence-corrected chi connectivity index (χ1v) is 14.5. The smallest absolute Gasteiger partial charge is 0.410 e. The van der Waals surface area contributed by atoms with E-state index in [9.17, 15) is 14.0 Å². The molecule has 2 atom stereocenters. The maximum absolute atomic E-state index is 14.8. The Balaban J connectivity index is 2.12. The van der Waals surface area contributed by atoms with Gasteiger partial charge in [0.05, 0.1) is 23.4 Å². The molecule has 0 bridgehead atoms. The SMILES string of the molecule is COC(=O)CN=C(c1cc(Cl)c(-c2ccccc2F)nc1NCC(C)(C)C)N1C[C@@H](C)N(C(=O)OC(C)(C)C)C[C@@H]1C. The minimum Gasteiger partial charge on any atom is -0.468 e. The minimum atomic E-state index is -0.625. The van der Waals surface area contributed by atoms with Gasteiger partial charge in [0.15, 0.2) is 0 Å². The second kappa shape index (κ2) is 13.3. The number of aromatic nitrogens is 1. The Morgan fingerprint density at radius 1 is 1.10 bits per heavy atom. The van der Waals surface area contributed by atoms with Crippen LogP contribution in [0.1, 0.15) is 61.0 Å². The first-order chi connectivity index (χ1) is 19.5. The van der Waals surface area contributed by atoms with E-state index in [4.69, 9.17) is 26.1 Å². The molecule has 1 aliphatic heterocycles. The molecular formula is C31H43ClFN5O4. The predicted octanol–water partition coefficient (Wildman–Crippen LogP) is 6.25. The molecule has 0 saturated carbocycles. The van der Waals surface area contributed by atoms with Gasteiger partial charge in [0, 0.05) is 37.3 Å². The van der Waals surface area contributed by atoms with E-state index >= 15 is 0 Å². The lowest BCUT2D eigenvalue weighted by Gasteiger charge is -2.45. The van der Waals surface area contributed by atoms with Crippen molar-refractivity contribution in [1.29, 1.82) is 0 Å². The number of amides is 1. The summed E-state index contributed by atoms with van der Waals surface area (Å²) in [6, 6.07) is 7.59. The zero-order chi connectivity index (χ0) is 31.4. The highest BCUT2D eigenvalue weighted by Crippen LogP contribution is 2.34. The van der Waals surface area contributed by atoms with Gasteiger partial charge in [-0.25, -0.2) is 14.2 Å². The standard InChI is InChI=1S/C31H43ClFN5O4/c1-19-17-38(29(40)42-31(6,7)8)20(2)16-37(19)28(34-15-25(39)41-9)22-14-23(32)26(21-12-10-11-13-24(21)33)36-27(22)35-18-30(3,4)5/h10-14,19-20H,15-18H2,1-9H3,(H,35,36)/t19-,20+/m0/s1. The van der Waals surface area contributed by atoms with Crippen molar-refractivity contribution < 1.29 is 23.5 Å². The molecule has 42 heavy (non-hydrogen) atoms. The minimum absolute atomic E-state index is 0.110. The van der Waals surface area contributed by atoms with Gasteiger partial charge in [-0.05, 0) is 58.2 Å². The van der Waals surface area contributed by atoms with Gasteiger partial charge in [0.2, 0.25) is 0 Å². The van der Waals surface area contributed by atoms with Crippen molar-refractivity contribution in [3.05, 3.63) is 46.7 Å². The molecule has 1 saturated heterocycles. The van der Waals surface area contributed by atoms with Gasteiger partial charge >= 0.3 is 12.1 Å². The Bertz CT molecular complexity index is 1320. The number of aliphatic imine (C=N–C) groups is 1. The molecule has 1 N–H and O–H groups in total. The number of esters is 1. The Labute approximate surface area is 253 Å². The number of ether oxygens (including phenoxy) is 2. The fourth-order valence-corrected chi connectivity index (χ4v) is 4.77. The second-order valence-corrected chi connectivity index (χ2v) is 13.2. The normalized spacial score (nSPS) is 18.1. The molecule has 9 nitrogen and oxygen atoms in total. The molecule has 1 aromatic carbocycles. The van der Waals surface area contributed by atoms with Crippen molar-refractivity contribution in [2.45, 2.75) is 73.1 Å². The van der Waals surface area contributed by atoms with Gasteiger partial charge in [-0.3, -0.25) is 9.79 Å². The third kappa shape index (κ3) is 8.56. The van der Waals surface area contributed by atoms with Gasteiger partial charge in [-0.2, -0.15) is 0 Å². The van der Waals surface area contributed by atoms with Crippen LogP contribution < -0.4 is 5.32 Å². The van der Waals surface area contributed by atoms with Gasteiger partial charge in [-0.15, -0.1) is 0 Å². The number of hydrogen-bond acceptors (Lipinski definition) is 7. The van der Waals surface area contributed by atoms with Crippen LogP contribution in [0.2, 0.25) is 5.02 Å². The maximum Gasteiger partial charge on any atom is 0.410 e. The highest BCUT2D eigenvalue weighted by molar-refractivity contribution is 6.33. The van der Waals surface area contributed by atoms with Crippen LogP contribution in [0, 0.1) is 11.2 Å². The lowest BCUT2D eigenvalue weighted by molar-refractivity contribution is -0.138. The molecule has 2 aromatic rings. The molecule has 0 radical (unpaired) electrons. The summed E-state index contributed by atoms with van der Waals surface area (Å²) in [7, 11) is 1.31. The van der Waals surface area contributed by atoms with Crippen LogP contribution in [0.5, 0.6) is 0 Å². The number of nitrogens with one attached hydrogen (secondary N) is 1. The summed E-state index contributed by atoms with van der Waals surface area (Å²) < 4.78 is 25.3. The summed E-state index contributed by atoms with van der Waals surface area (Å²) in [6.45, 7) is 16.8. The van der Waals surface area contributed by atoms with Gasteiger partial charge in [0.1, 0.15) is 29.6 Å². The summed E-state index contributed by atoms with van der Waals surface area (Å²) in [4.78, 5) is 38.4. The summed E-state index contributed by atoms with van der Waals surface area (Å²) in [5.41, 5.74) is 0.381. The third-order valence-corrected chi connectivity index (χ3v) is 6.89. The summed E-state index contributed by atoms with van der Waals surface area (Å²) >= 11 is 6.77. The third-order valence-electron chi connectivity index (χ3n) is 6.60. The molecule has 2 heterocycles. The lowest BCUT2D eigenvalue weighted by atomic mass is 9.97. The van der Waals surface area contributed by atoms with E-state index in [2.05, 4.69) is 31.1 Å². The fraction of sp³-hybridized carbons (Fsp3) is 0.548. The van der Waals surface area contributed by atoms with Crippen LogP contribution in [0.3, 0.4) is 0 Å². The van der Waals surface area contributed by atoms with E-state index in [1.807, 2.05) is 39.5 Å². The lowest BCUT2D eigenvalue weighted by Crippen LogP contribution is -2.60. The van der Waals surface area contributed by atoms with Crippen molar-refractivity contribution >= 4 is 35.3 Å². The maximum atomic E-state index is 14.8. The zero-order valence-corrected chi connectivity index (χ0v) is 26.8. The van der Waals surface area contributed by atoms with Crippen LogP contribution in [-0.2, 0) is 14.3 Å². The number of carbonyl (C=O) groups excluding carboxylic acids is 2. The molecule has 11 heteroatoms. The highest BCUT2D eigenvalue weighted by Gasteiger charge is 2.37. The largest absolute Gasteiger partial charge is 0.468 e. The fourth-order valence-electron chi connectivity index (χ4n) is 4.52. The molecule has 1 aliphatic rings. The van der Waals surface area contributed by atoms with Gasteiger partial charge in [-0.1, -0.05) is 44.5 Å². The number of piperazine rings is 1. The molecule has 0 spiro atoms. The van der Waals surface area contributed by atoms with Crippen molar-refractivity contribution in [2.75, 3.05) is 38.6 Å². The quantitative estimate of drug-likeness (QED) is 0.237. The van der Waals surface area contributed by atoms with Crippen molar-refractivity contribution in [3.8, 4) is 11.3 Å². The number of nitrogens with zero attached hydrogens (tertiary/aromatic N) is 4. The van der Waals surface area contributed by atoms with Crippen LogP contribution in [0.4, 0.5) is 15.0 Å². The highest BCUT2D eigenvalue weighted by atomic mass is 35.5. The number of methoxy groups -OCH3 is 1. The molecule has 3 rings (SSSR count). The average molecular weight is 604 g/mol. The van der Waals surface area contributed by atoms with Gasteiger partial charge < -0.3 is 24.6 Å². The number of amidine groups is 1. The zero-order valence-electron chi connectivity index (χ0n) is 26.0. The van der Waals surface area contributed by atoms with E-state index < -0.39 is 17.4 Å². The van der Waals surface area contributed by atoms with E-state index in [1.54, 1.807) is 29.2 Å². The predicted molar refractivity (Wildman–Crippen MR) is 165 cm³/mol. The molecule has 230 valence electrons. The molecule has 1 amide bonds. The number of hydrogen-bond donors (Lipinski definition) is 1. The summed E-state index contributed by atoms with van der Waals surface area (Å²) in [5, 5.41) is 3.64. The number of rotatable bonds is 6. The van der Waals surface area contributed by atoms with Crippen molar-refractivity contribution in [3.63, 3.8) is 0 Å². The van der Waals surface area contributed by atoms with E-state index in [-0.39, 0.29) is 40.7 Å². The number of anilines is 1. The number of pyridine rings is 1. The van der Waals surface area contributed by atoms with Crippen LogP contribution >= 0.6 is 11.6 Å². The Morgan fingerprint density at radius 3 is 2.31 bits per heavy atom. The average Bonchev–Trinajstić information content (AvgIpc) is 2.88. The monoisotopic (exact) mass is 603 g/mol. The first kappa shape index (κ1) is 33.1. The molecule has 0 aliphatic carbocycles. The van der Waals surface area contributed by atoms with E-state index in [0.29, 0.717) is 42.5 Å². The number of carbonyl (C=O) groups is 2. The van der Waals surface area contributed by atoms with Crippen molar-refractivity contribution in [2.24, 2.45) is 10.4 Å². The molecule has 1 aromatic heterocycles. The summed E-state index contributed by atoms with van der Waals surface area (Å²) in [6.07, 6.45) is -0.388. The van der Waals surface area contributed by atoms with E-state index in [1.165, 1.54) is 13.2 Å². The Kier molecular flexibility index (Phi) is 10.5. The molecule has 1 fully saturated rings. The summed E-state index contributed by atoms with van der Waals surface area (Å²) in [5.74, 6) is -0.0337. The topological polar surface area (TPSA) is 96.4 Å². The van der Waals surface area contributed by atoms with Crippen molar-refractivity contribution in [1.82, 2.24) is 14.8 Å². The van der Waals surface area contributed by atoms with Gasteiger partial charge in [0.25, 0.3) is 0 Å². The van der Waals surface area contributed by atoms with Crippen LogP contribution in [0.25, 0.3) is 11.3 Å².